The zero-order valence-corrected chi connectivity index (χ0v) is 13.8. The summed E-state index contributed by atoms with van der Waals surface area (Å²) in [6.45, 7) is 0.635. The Bertz CT molecular complexity index is 1210. The van der Waals surface area contributed by atoms with Crippen molar-refractivity contribution in [3.8, 4) is 11.3 Å². The van der Waals surface area contributed by atoms with Crippen LogP contribution in [0.4, 0.5) is 5.82 Å². The maximum Gasteiger partial charge on any atom is 0.152 e. The molecule has 0 spiro atoms. The average molecular weight is 341 g/mol. The van der Waals surface area contributed by atoms with E-state index in [0.717, 1.165) is 38.6 Å². The minimum Gasteiger partial charge on any atom is -0.382 e. The van der Waals surface area contributed by atoms with Crippen LogP contribution in [0.2, 0.25) is 0 Å². The number of rotatable bonds is 3. The molecule has 0 aliphatic carbocycles. The maximum absolute atomic E-state index is 6.18. The SMILES string of the molecule is Nc1nc2cc(-c3ccn[nH]3)ccc2c2cn(Cc3cccnc3)nc12. The Kier molecular flexibility index (Phi) is 3.18. The van der Waals surface area contributed by atoms with Gasteiger partial charge in [0.2, 0.25) is 0 Å². The fraction of sp³-hybridized carbons (Fsp3) is 0.0526. The van der Waals surface area contributed by atoms with Crippen molar-refractivity contribution in [2.45, 2.75) is 6.54 Å². The van der Waals surface area contributed by atoms with E-state index in [-0.39, 0.29) is 0 Å². The first kappa shape index (κ1) is 14.6. The van der Waals surface area contributed by atoms with Gasteiger partial charge in [-0.1, -0.05) is 18.2 Å². The second kappa shape index (κ2) is 5.66. The minimum atomic E-state index is 0.430. The van der Waals surface area contributed by atoms with Crippen LogP contribution in [0.1, 0.15) is 5.56 Å². The molecule has 0 aliphatic heterocycles. The molecular weight excluding hydrogens is 326 g/mol. The molecule has 5 rings (SSSR count). The van der Waals surface area contributed by atoms with Gasteiger partial charge in [0.1, 0.15) is 5.52 Å². The molecule has 5 aromatic rings. The van der Waals surface area contributed by atoms with E-state index in [9.17, 15) is 0 Å². The zero-order chi connectivity index (χ0) is 17.5. The highest BCUT2D eigenvalue weighted by Gasteiger charge is 2.12. The molecule has 126 valence electrons. The molecule has 0 atom stereocenters. The van der Waals surface area contributed by atoms with Crippen molar-refractivity contribution in [3.63, 3.8) is 0 Å². The number of aromatic amines is 1. The Labute approximate surface area is 148 Å². The number of nitrogens with zero attached hydrogens (tertiary/aromatic N) is 5. The van der Waals surface area contributed by atoms with Gasteiger partial charge in [-0.25, -0.2) is 4.98 Å². The maximum atomic E-state index is 6.18. The van der Waals surface area contributed by atoms with Crippen molar-refractivity contribution in [1.29, 1.82) is 0 Å². The van der Waals surface area contributed by atoms with Gasteiger partial charge in [0.15, 0.2) is 5.82 Å². The van der Waals surface area contributed by atoms with Crippen molar-refractivity contribution in [2.24, 2.45) is 0 Å². The van der Waals surface area contributed by atoms with Crippen molar-refractivity contribution in [3.05, 3.63) is 66.7 Å². The topological polar surface area (TPSA) is 98.3 Å². The molecule has 0 saturated carbocycles. The lowest BCUT2D eigenvalue weighted by atomic mass is 10.1. The molecule has 3 N–H and O–H groups in total. The Morgan fingerprint density at radius 1 is 1.08 bits per heavy atom. The molecule has 0 aliphatic rings. The molecule has 4 heterocycles. The van der Waals surface area contributed by atoms with E-state index in [2.05, 4.69) is 31.3 Å². The van der Waals surface area contributed by atoms with Crippen molar-refractivity contribution >= 4 is 27.6 Å². The standard InChI is InChI=1S/C19H15N7/c20-19-18-15(11-26(25-18)10-12-2-1-6-21-9-12)14-4-3-13(8-17(14)23-19)16-5-7-22-24-16/h1-9,11H,10H2,(H2,20,23)(H,22,24). The summed E-state index contributed by atoms with van der Waals surface area (Å²) in [5.74, 6) is 0.430. The van der Waals surface area contributed by atoms with Gasteiger partial charge in [-0.2, -0.15) is 10.2 Å². The fourth-order valence-electron chi connectivity index (χ4n) is 3.19. The lowest BCUT2D eigenvalue weighted by Crippen LogP contribution is -2.00. The number of hydrogen-bond acceptors (Lipinski definition) is 5. The Balaban J connectivity index is 1.65. The molecule has 4 aromatic heterocycles. The van der Waals surface area contributed by atoms with Gasteiger partial charge in [-0.15, -0.1) is 0 Å². The summed E-state index contributed by atoms with van der Waals surface area (Å²) in [5.41, 5.74) is 10.8. The predicted octanol–water partition coefficient (Wildman–Crippen LogP) is 3.00. The largest absolute Gasteiger partial charge is 0.382 e. The van der Waals surface area contributed by atoms with E-state index in [1.807, 2.05) is 47.4 Å². The molecule has 0 bridgehead atoms. The third-order valence-corrected chi connectivity index (χ3v) is 4.41. The summed E-state index contributed by atoms with van der Waals surface area (Å²) in [7, 11) is 0. The molecule has 7 nitrogen and oxygen atoms in total. The van der Waals surface area contributed by atoms with Crippen LogP contribution >= 0.6 is 0 Å². The van der Waals surface area contributed by atoms with E-state index in [4.69, 9.17) is 5.73 Å². The lowest BCUT2D eigenvalue weighted by Gasteiger charge is -2.03. The summed E-state index contributed by atoms with van der Waals surface area (Å²) in [4.78, 5) is 8.70. The highest BCUT2D eigenvalue weighted by molar-refractivity contribution is 6.08. The van der Waals surface area contributed by atoms with E-state index < -0.39 is 0 Å². The van der Waals surface area contributed by atoms with E-state index in [0.29, 0.717) is 12.4 Å². The van der Waals surface area contributed by atoms with Crippen LogP contribution in [-0.4, -0.2) is 29.9 Å². The van der Waals surface area contributed by atoms with Gasteiger partial charge >= 0.3 is 0 Å². The summed E-state index contributed by atoms with van der Waals surface area (Å²) < 4.78 is 1.88. The molecular formula is C19H15N7. The fourth-order valence-corrected chi connectivity index (χ4v) is 3.19. The first-order valence-electron chi connectivity index (χ1n) is 8.23. The number of fused-ring (bicyclic) bond motifs is 3. The minimum absolute atomic E-state index is 0.430. The first-order chi connectivity index (χ1) is 12.8. The number of hydrogen-bond donors (Lipinski definition) is 2. The Hall–Kier alpha value is -3.74. The molecule has 0 amide bonds. The van der Waals surface area contributed by atoms with E-state index in [1.165, 1.54) is 0 Å². The first-order valence-corrected chi connectivity index (χ1v) is 8.23. The highest BCUT2D eigenvalue weighted by atomic mass is 15.3. The number of nitrogens with one attached hydrogen (secondary N) is 1. The van der Waals surface area contributed by atoms with Gasteiger partial charge in [0, 0.05) is 41.1 Å². The Morgan fingerprint density at radius 2 is 2.04 bits per heavy atom. The van der Waals surface area contributed by atoms with Crippen LogP contribution in [0.5, 0.6) is 0 Å². The number of pyridine rings is 2. The second-order valence-electron chi connectivity index (χ2n) is 6.15. The van der Waals surface area contributed by atoms with Crippen molar-refractivity contribution < 1.29 is 0 Å². The molecule has 1 aromatic carbocycles. The molecule has 0 radical (unpaired) electrons. The number of nitrogens with two attached hydrogens (primary N) is 1. The van der Waals surface area contributed by atoms with Crippen LogP contribution < -0.4 is 5.73 Å². The summed E-state index contributed by atoms with van der Waals surface area (Å²) in [6.07, 6.45) is 7.34. The average Bonchev–Trinajstić information content (AvgIpc) is 3.32. The van der Waals surface area contributed by atoms with Crippen LogP contribution in [0.15, 0.2) is 61.2 Å². The van der Waals surface area contributed by atoms with Crippen LogP contribution in [0.25, 0.3) is 33.1 Å². The van der Waals surface area contributed by atoms with E-state index in [1.54, 1.807) is 12.4 Å². The smallest absolute Gasteiger partial charge is 0.152 e. The molecule has 0 fully saturated rings. The van der Waals surface area contributed by atoms with Gasteiger partial charge in [0.05, 0.1) is 17.8 Å². The Morgan fingerprint density at radius 3 is 2.85 bits per heavy atom. The molecule has 0 saturated heterocycles. The summed E-state index contributed by atoms with van der Waals surface area (Å²) in [5, 5.41) is 13.6. The number of aromatic nitrogens is 6. The monoisotopic (exact) mass is 341 g/mol. The van der Waals surface area contributed by atoms with E-state index >= 15 is 0 Å². The second-order valence-corrected chi connectivity index (χ2v) is 6.15. The molecule has 26 heavy (non-hydrogen) atoms. The molecule has 0 unspecified atom stereocenters. The summed E-state index contributed by atoms with van der Waals surface area (Å²) >= 11 is 0. The van der Waals surface area contributed by atoms with Crippen molar-refractivity contribution in [1.82, 2.24) is 29.9 Å². The van der Waals surface area contributed by atoms with Gasteiger partial charge in [-0.3, -0.25) is 14.8 Å². The van der Waals surface area contributed by atoms with Crippen molar-refractivity contribution in [2.75, 3.05) is 5.73 Å². The third-order valence-electron chi connectivity index (χ3n) is 4.41. The zero-order valence-electron chi connectivity index (χ0n) is 13.8. The normalized spacial score (nSPS) is 11.4. The predicted molar refractivity (Wildman–Crippen MR) is 100 cm³/mol. The third kappa shape index (κ3) is 2.37. The number of benzene rings is 1. The lowest BCUT2D eigenvalue weighted by molar-refractivity contribution is 0.693. The van der Waals surface area contributed by atoms with Gasteiger partial charge in [-0.05, 0) is 23.8 Å². The van der Waals surface area contributed by atoms with Crippen LogP contribution in [0.3, 0.4) is 0 Å². The number of H-pyrrole nitrogens is 1. The van der Waals surface area contributed by atoms with Gasteiger partial charge < -0.3 is 5.73 Å². The van der Waals surface area contributed by atoms with Crippen LogP contribution in [0, 0.1) is 0 Å². The number of anilines is 1. The highest BCUT2D eigenvalue weighted by Crippen LogP contribution is 2.30. The number of nitrogen functional groups attached to an aromatic ring is 1. The quantitative estimate of drug-likeness (QED) is 0.526. The molecule has 7 heteroatoms. The summed E-state index contributed by atoms with van der Waals surface area (Å²) in [6, 6.07) is 12.0. The van der Waals surface area contributed by atoms with Gasteiger partial charge in [0.25, 0.3) is 0 Å². The van der Waals surface area contributed by atoms with Crippen LogP contribution in [-0.2, 0) is 6.54 Å².